The highest BCUT2D eigenvalue weighted by Crippen LogP contribution is 2.16. The van der Waals surface area contributed by atoms with Crippen molar-refractivity contribution in [3.63, 3.8) is 0 Å². The van der Waals surface area contributed by atoms with E-state index < -0.39 is 28.4 Å². The van der Waals surface area contributed by atoms with Crippen molar-refractivity contribution in [2.24, 2.45) is 0 Å². The van der Waals surface area contributed by atoms with Gasteiger partial charge in [-0.2, -0.15) is 8.42 Å². The van der Waals surface area contributed by atoms with Gasteiger partial charge in [0.2, 0.25) is 0 Å². The molecule has 3 nitrogen and oxygen atoms in total. The van der Waals surface area contributed by atoms with Crippen LogP contribution in [0.4, 0.5) is 8.78 Å². The lowest BCUT2D eigenvalue weighted by atomic mass is 10.1. The lowest BCUT2D eigenvalue weighted by Gasteiger charge is -2.02. The van der Waals surface area contributed by atoms with Crippen molar-refractivity contribution in [2.75, 3.05) is 0 Å². The summed E-state index contributed by atoms with van der Waals surface area (Å²) in [6.45, 7) is -1.81. The van der Waals surface area contributed by atoms with E-state index in [1.807, 2.05) is 0 Å². The van der Waals surface area contributed by atoms with E-state index in [0.29, 0.717) is 0 Å². The van der Waals surface area contributed by atoms with E-state index in [1.54, 1.807) is 0 Å². The molecule has 0 aliphatic rings. The van der Waals surface area contributed by atoms with Crippen LogP contribution in [-0.4, -0.2) is 13.0 Å². The summed E-state index contributed by atoms with van der Waals surface area (Å²) >= 11 is 0. The predicted octanol–water partition coefficient (Wildman–Crippen LogP) is 1.87. The van der Waals surface area contributed by atoms with Crippen molar-refractivity contribution in [1.82, 2.24) is 0 Å². The minimum absolute atomic E-state index is 0.0211. The zero-order valence-electron chi connectivity index (χ0n) is 7.07. The zero-order chi connectivity index (χ0) is 10.8. The Balaban J connectivity index is 3.32. The Morgan fingerprint density at radius 3 is 1.79 bits per heavy atom. The molecule has 0 saturated heterocycles. The first kappa shape index (κ1) is 11.1. The average Bonchev–Trinajstić information content (AvgIpc) is 2.15. The maximum atomic E-state index is 12.2. The van der Waals surface area contributed by atoms with Gasteiger partial charge in [0.05, 0.1) is 4.90 Å². The molecular weight excluding hydrogens is 214 g/mol. The normalized spacial score (nSPS) is 11.6. The summed E-state index contributed by atoms with van der Waals surface area (Å²) in [6.07, 6.45) is 0. The van der Waals surface area contributed by atoms with Gasteiger partial charge in [0.15, 0.2) is 0 Å². The van der Waals surface area contributed by atoms with Gasteiger partial charge in [-0.3, -0.25) is 4.55 Å². The number of halogens is 2. The summed E-state index contributed by atoms with van der Waals surface area (Å²) < 4.78 is 54.4. The van der Waals surface area contributed by atoms with Crippen LogP contribution < -0.4 is 0 Å². The molecule has 0 aliphatic heterocycles. The number of benzene rings is 1. The van der Waals surface area contributed by atoms with Gasteiger partial charge in [-0.1, -0.05) is 6.07 Å². The van der Waals surface area contributed by atoms with Gasteiger partial charge in [-0.25, -0.2) is 8.78 Å². The van der Waals surface area contributed by atoms with Crippen LogP contribution in [0.25, 0.3) is 0 Å². The molecule has 0 aromatic heterocycles. The van der Waals surface area contributed by atoms with Gasteiger partial charge in [0.1, 0.15) is 13.3 Å². The largest absolute Gasteiger partial charge is 0.294 e. The number of hydrogen-bond acceptors (Lipinski definition) is 2. The van der Waals surface area contributed by atoms with Gasteiger partial charge in [-0.15, -0.1) is 0 Å². The van der Waals surface area contributed by atoms with Gasteiger partial charge in [-0.05, 0) is 23.3 Å². The Hall–Kier alpha value is -1.01. The molecule has 78 valence electrons. The lowest BCUT2D eigenvalue weighted by Crippen LogP contribution is -2.00. The van der Waals surface area contributed by atoms with Crippen molar-refractivity contribution in [2.45, 2.75) is 18.2 Å². The van der Waals surface area contributed by atoms with Gasteiger partial charge in [0, 0.05) is 0 Å². The molecular formula is C8H8F2O3S. The van der Waals surface area contributed by atoms with Crippen LogP contribution in [0.2, 0.25) is 0 Å². The molecule has 0 amide bonds. The smallest absolute Gasteiger partial charge is 0.282 e. The van der Waals surface area contributed by atoms with Crippen LogP contribution in [0.1, 0.15) is 11.1 Å². The standard InChI is InChI=1S/C8H8F2O3S/c9-4-6-1-7(5-10)3-8(2-6)14(11,12)13/h1-3H,4-5H2,(H,11,12,13). The van der Waals surface area contributed by atoms with E-state index in [-0.39, 0.29) is 11.1 Å². The molecule has 6 heteroatoms. The van der Waals surface area contributed by atoms with Crippen LogP contribution >= 0.6 is 0 Å². The number of rotatable bonds is 3. The second kappa shape index (κ2) is 4.02. The molecule has 0 fully saturated rings. The molecule has 0 unspecified atom stereocenters. The Labute approximate surface area is 80.1 Å². The van der Waals surface area contributed by atoms with Gasteiger partial charge in [0.25, 0.3) is 10.1 Å². The van der Waals surface area contributed by atoms with Crippen LogP contribution in [0.5, 0.6) is 0 Å². The van der Waals surface area contributed by atoms with Crippen molar-refractivity contribution in [3.05, 3.63) is 29.3 Å². The summed E-state index contributed by atoms with van der Waals surface area (Å²) in [4.78, 5) is -0.486. The first-order valence-corrected chi connectivity index (χ1v) is 5.13. The first-order valence-electron chi connectivity index (χ1n) is 3.69. The average molecular weight is 222 g/mol. The SMILES string of the molecule is O=S(=O)(O)c1cc(CF)cc(CF)c1. The molecule has 0 atom stereocenters. The summed E-state index contributed by atoms with van der Waals surface area (Å²) in [5, 5.41) is 0. The highest BCUT2D eigenvalue weighted by atomic mass is 32.2. The van der Waals surface area contributed by atoms with Crippen molar-refractivity contribution in [1.29, 1.82) is 0 Å². The van der Waals surface area contributed by atoms with Gasteiger partial charge < -0.3 is 0 Å². The summed E-state index contributed by atoms with van der Waals surface area (Å²) in [5.41, 5.74) is 0.0422. The second-order valence-electron chi connectivity index (χ2n) is 2.73. The van der Waals surface area contributed by atoms with Crippen LogP contribution in [-0.2, 0) is 23.5 Å². The topological polar surface area (TPSA) is 54.4 Å². The molecule has 1 aromatic rings. The molecule has 1 N–H and O–H groups in total. The fraction of sp³-hybridized carbons (Fsp3) is 0.250. The van der Waals surface area contributed by atoms with E-state index >= 15 is 0 Å². The fourth-order valence-corrected chi connectivity index (χ4v) is 1.63. The Kier molecular flexibility index (Phi) is 3.17. The molecule has 0 aliphatic carbocycles. The molecule has 0 heterocycles. The van der Waals surface area contributed by atoms with Crippen LogP contribution in [0.3, 0.4) is 0 Å². The maximum absolute atomic E-state index is 12.2. The van der Waals surface area contributed by atoms with E-state index in [4.69, 9.17) is 4.55 Å². The monoisotopic (exact) mass is 222 g/mol. The Morgan fingerprint density at radius 2 is 1.50 bits per heavy atom. The summed E-state index contributed by atoms with van der Waals surface area (Å²) in [5.74, 6) is 0. The minimum atomic E-state index is -4.40. The number of alkyl halides is 2. The third-order valence-electron chi connectivity index (χ3n) is 1.63. The second-order valence-corrected chi connectivity index (χ2v) is 4.15. The third-order valence-corrected chi connectivity index (χ3v) is 2.46. The fourth-order valence-electron chi connectivity index (χ4n) is 1.03. The molecule has 0 bridgehead atoms. The Bertz CT molecular complexity index is 406. The molecule has 1 rings (SSSR count). The predicted molar refractivity (Wildman–Crippen MR) is 45.9 cm³/mol. The van der Waals surface area contributed by atoms with Crippen molar-refractivity contribution in [3.8, 4) is 0 Å². The van der Waals surface area contributed by atoms with E-state index in [9.17, 15) is 17.2 Å². The van der Waals surface area contributed by atoms with E-state index in [0.717, 1.165) is 12.1 Å². The minimum Gasteiger partial charge on any atom is -0.282 e. The highest BCUT2D eigenvalue weighted by molar-refractivity contribution is 7.85. The maximum Gasteiger partial charge on any atom is 0.294 e. The highest BCUT2D eigenvalue weighted by Gasteiger charge is 2.11. The molecule has 14 heavy (non-hydrogen) atoms. The Morgan fingerprint density at radius 1 is 1.07 bits per heavy atom. The summed E-state index contributed by atoms with van der Waals surface area (Å²) in [6, 6.07) is 3.14. The molecule has 1 aromatic carbocycles. The number of hydrogen-bond donors (Lipinski definition) is 1. The van der Waals surface area contributed by atoms with Crippen LogP contribution in [0, 0.1) is 0 Å². The zero-order valence-corrected chi connectivity index (χ0v) is 7.89. The molecule has 0 spiro atoms. The van der Waals surface area contributed by atoms with Crippen LogP contribution in [0.15, 0.2) is 23.1 Å². The first-order chi connectivity index (χ1) is 6.47. The van der Waals surface area contributed by atoms with Crippen molar-refractivity contribution < 1.29 is 21.8 Å². The quantitative estimate of drug-likeness (QED) is 0.794. The van der Waals surface area contributed by atoms with E-state index in [1.165, 1.54) is 6.07 Å². The van der Waals surface area contributed by atoms with Crippen molar-refractivity contribution >= 4 is 10.1 Å². The molecule has 0 saturated carbocycles. The van der Waals surface area contributed by atoms with Gasteiger partial charge >= 0.3 is 0 Å². The molecule has 0 radical (unpaired) electrons. The van der Waals surface area contributed by atoms with E-state index in [2.05, 4.69) is 0 Å². The third kappa shape index (κ3) is 2.49. The summed E-state index contributed by atoms with van der Waals surface area (Å²) in [7, 11) is -4.40. The lowest BCUT2D eigenvalue weighted by molar-refractivity contribution is 0.469.